The summed E-state index contributed by atoms with van der Waals surface area (Å²) in [4.78, 5) is 19.5. The third kappa shape index (κ3) is 4.56. The van der Waals surface area contributed by atoms with E-state index >= 15 is 0 Å². The van der Waals surface area contributed by atoms with Crippen LogP contribution in [0.25, 0.3) is 0 Å². The molecule has 1 aromatic heterocycles. The van der Waals surface area contributed by atoms with Gasteiger partial charge in [0.2, 0.25) is 0 Å². The van der Waals surface area contributed by atoms with Gasteiger partial charge in [-0.1, -0.05) is 20.8 Å². The van der Waals surface area contributed by atoms with E-state index in [2.05, 4.69) is 25.8 Å². The number of carbonyl (C=O) groups excluding carboxylic acids is 1. The number of aromatic nitrogens is 1. The Balaban J connectivity index is 1.62. The van der Waals surface area contributed by atoms with Crippen molar-refractivity contribution in [2.75, 3.05) is 39.3 Å². The molecule has 0 aromatic carbocycles. The summed E-state index contributed by atoms with van der Waals surface area (Å²) in [7, 11) is -3.54. The molecule has 0 bridgehead atoms. The van der Waals surface area contributed by atoms with Crippen molar-refractivity contribution >= 4 is 27.5 Å². The van der Waals surface area contributed by atoms with Crippen molar-refractivity contribution in [2.24, 2.45) is 0 Å². The molecule has 3 heterocycles. The lowest BCUT2D eigenvalue weighted by Gasteiger charge is -2.40. The Hall–Kier alpha value is -1.07. The Bertz CT molecular complexity index is 800. The molecule has 0 spiro atoms. The van der Waals surface area contributed by atoms with Gasteiger partial charge in [-0.3, -0.25) is 4.79 Å². The van der Waals surface area contributed by atoms with Gasteiger partial charge in [0.15, 0.2) is 0 Å². The largest absolute Gasteiger partial charge is 0.373 e. The first-order valence-electron chi connectivity index (χ1n) is 9.64. The number of hydrogen-bond donors (Lipinski definition) is 0. The molecule has 8 nitrogen and oxygen atoms in total. The molecule has 2 saturated heterocycles. The number of thiazole rings is 1. The summed E-state index contributed by atoms with van der Waals surface area (Å²) < 4.78 is 34.6. The minimum absolute atomic E-state index is 0.0707. The molecule has 158 valence electrons. The third-order valence-electron chi connectivity index (χ3n) is 4.92. The van der Waals surface area contributed by atoms with Crippen LogP contribution in [0.4, 0.5) is 0 Å². The number of morpholine rings is 1. The summed E-state index contributed by atoms with van der Waals surface area (Å²) in [5.74, 6) is -0.0707. The lowest BCUT2D eigenvalue weighted by Crippen LogP contribution is -2.57. The van der Waals surface area contributed by atoms with Gasteiger partial charge in [-0.2, -0.15) is 17.0 Å². The van der Waals surface area contributed by atoms with Gasteiger partial charge in [0.25, 0.3) is 16.1 Å². The Morgan fingerprint density at radius 1 is 1.11 bits per heavy atom. The highest BCUT2D eigenvalue weighted by Gasteiger charge is 2.37. The van der Waals surface area contributed by atoms with E-state index in [0.29, 0.717) is 44.1 Å². The zero-order valence-corrected chi connectivity index (χ0v) is 18.8. The zero-order chi connectivity index (χ0) is 20.7. The van der Waals surface area contributed by atoms with Gasteiger partial charge in [-0.15, -0.1) is 11.3 Å². The molecule has 2 fully saturated rings. The van der Waals surface area contributed by atoms with Gasteiger partial charge < -0.3 is 9.64 Å². The number of carbonyl (C=O) groups is 1. The van der Waals surface area contributed by atoms with Crippen molar-refractivity contribution in [1.29, 1.82) is 0 Å². The fourth-order valence-corrected chi connectivity index (χ4v) is 6.17. The van der Waals surface area contributed by atoms with E-state index in [1.54, 1.807) is 11.1 Å². The van der Waals surface area contributed by atoms with Gasteiger partial charge in [-0.25, -0.2) is 4.98 Å². The Morgan fingerprint density at radius 3 is 2.18 bits per heavy atom. The average Bonchev–Trinajstić information content (AvgIpc) is 3.11. The van der Waals surface area contributed by atoms with E-state index < -0.39 is 10.2 Å². The third-order valence-corrected chi connectivity index (χ3v) is 8.30. The monoisotopic (exact) mass is 430 g/mol. The van der Waals surface area contributed by atoms with E-state index in [0.717, 1.165) is 5.01 Å². The number of piperazine rings is 1. The summed E-state index contributed by atoms with van der Waals surface area (Å²) >= 11 is 1.41. The molecule has 3 rings (SSSR count). The molecule has 1 amide bonds. The topological polar surface area (TPSA) is 83.1 Å². The van der Waals surface area contributed by atoms with E-state index in [4.69, 9.17) is 4.74 Å². The lowest BCUT2D eigenvalue weighted by atomic mass is 9.98. The molecule has 1 aromatic rings. The van der Waals surface area contributed by atoms with E-state index in [9.17, 15) is 13.2 Å². The molecule has 2 unspecified atom stereocenters. The van der Waals surface area contributed by atoms with Crippen molar-refractivity contribution < 1.29 is 17.9 Å². The molecule has 2 atom stereocenters. The second-order valence-corrected chi connectivity index (χ2v) is 11.5. The maximum absolute atomic E-state index is 13.0. The standard InChI is InChI=1S/C18H30N4O4S2/c1-13-11-22(12-14(2)26-13)28(24,25)21-8-6-20(7-9-21)16(23)15-10-19-17(27-15)18(3,4)5/h10,13-14H,6-9,11-12H2,1-5H3. The predicted molar refractivity (Wildman–Crippen MR) is 109 cm³/mol. The average molecular weight is 431 g/mol. The highest BCUT2D eigenvalue weighted by Crippen LogP contribution is 2.28. The highest BCUT2D eigenvalue weighted by atomic mass is 32.2. The first-order chi connectivity index (χ1) is 13.0. The second-order valence-electron chi connectivity index (χ2n) is 8.55. The first-order valence-corrected chi connectivity index (χ1v) is 11.9. The molecular weight excluding hydrogens is 400 g/mol. The Kier molecular flexibility index (Phi) is 6.17. The smallest absolute Gasteiger partial charge is 0.282 e. The quantitative estimate of drug-likeness (QED) is 0.727. The predicted octanol–water partition coefficient (Wildman–Crippen LogP) is 1.55. The van der Waals surface area contributed by atoms with Crippen LogP contribution in [-0.4, -0.2) is 84.3 Å². The van der Waals surface area contributed by atoms with Crippen LogP contribution in [0.3, 0.4) is 0 Å². The van der Waals surface area contributed by atoms with Crippen LogP contribution in [0.15, 0.2) is 6.20 Å². The maximum atomic E-state index is 13.0. The van der Waals surface area contributed by atoms with Gasteiger partial charge in [-0.05, 0) is 13.8 Å². The Labute approximate surface area is 171 Å². The van der Waals surface area contributed by atoms with Gasteiger partial charge in [0.05, 0.1) is 23.4 Å². The Morgan fingerprint density at radius 2 is 1.68 bits per heavy atom. The summed E-state index contributed by atoms with van der Waals surface area (Å²) in [5, 5.41) is 0.924. The van der Waals surface area contributed by atoms with Crippen LogP contribution >= 0.6 is 11.3 Å². The van der Waals surface area contributed by atoms with Crippen LogP contribution in [0.1, 0.15) is 49.3 Å². The SMILES string of the molecule is CC1CN(S(=O)(=O)N2CCN(C(=O)c3cnc(C(C)(C)C)s3)CC2)CC(C)O1. The fraction of sp³-hybridized carbons (Fsp3) is 0.778. The number of nitrogens with zero attached hydrogens (tertiary/aromatic N) is 4. The van der Waals surface area contributed by atoms with Gasteiger partial charge >= 0.3 is 0 Å². The molecular formula is C18H30N4O4S2. The fourth-order valence-electron chi connectivity index (χ4n) is 3.48. The summed E-state index contributed by atoms with van der Waals surface area (Å²) in [5.41, 5.74) is -0.0948. The van der Waals surface area contributed by atoms with Crippen LogP contribution in [-0.2, 0) is 20.4 Å². The van der Waals surface area contributed by atoms with Crippen LogP contribution < -0.4 is 0 Å². The van der Waals surface area contributed by atoms with Crippen LogP contribution in [0.5, 0.6) is 0 Å². The number of ether oxygens (including phenoxy) is 1. The van der Waals surface area contributed by atoms with Crippen molar-refractivity contribution in [3.63, 3.8) is 0 Å². The molecule has 2 aliphatic heterocycles. The van der Waals surface area contributed by atoms with E-state index in [1.165, 1.54) is 19.9 Å². The van der Waals surface area contributed by atoms with Crippen molar-refractivity contribution in [1.82, 2.24) is 18.5 Å². The zero-order valence-electron chi connectivity index (χ0n) is 17.2. The number of rotatable bonds is 3. The number of hydrogen-bond acceptors (Lipinski definition) is 6. The van der Waals surface area contributed by atoms with Gasteiger partial charge in [0.1, 0.15) is 4.88 Å². The molecule has 0 radical (unpaired) electrons. The van der Waals surface area contributed by atoms with E-state index in [1.807, 2.05) is 13.8 Å². The summed E-state index contributed by atoms with van der Waals surface area (Å²) in [6.45, 7) is 12.1. The van der Waals surface area contributed by atoms with E-state index in [-0.39, 0.29) is 23.5 Å². The molecule has 28 heavy (non-hydrogen) atoms. The minimum Gasteiger partial charge on any atom is -0.373 e. The molecule has 0 aliphatic carbocycles. The number of amides is 1. The summed E-state index contributed by atoms with van der Waals surface area (Å²) in [6.07, 6.45) is 1.39. The van der Waals surface area contributed by atoms with Crippen molar-refractivity contribution in [3.05, 3.63) is 16.1 Å². The molecule has 10 heteroatoms. The lowest BCUT2D eigenvalue weighted by molar-refractivity contribution is -0.0457. The molecule has 0 saturated carbocycles. The van der Waals surface area contributed by atoms with Crippen molar-refractivity contribution in [3.8, 4) is 0 Å². The first kappa shape index (κ1) is 21.6. The maximum Gasteiger partial charge on any atom is 0.282 e. The normalized spacial score (nSPS) is 25.8. The van der Waals surface area contributed by atoms with Crippen LogP contribution in [0, 0.1) is 0 Å². The molecule has 0 N–H and O–H groups in total. The summed E-state index contributed by atoms with van der Waals surface area (Å²) in [6, 6.07) is 0. The molecule has 2 aliphatic rings. The highest BCUT2D eigenvalue weighted by molar-refractivity contribution is 7.86. The van der Waals surface area contributed by atoms with Crippen molar-refractivity contribution in [2.45, 2.75) is 52.2 Å². The van der Waals surface area contributed by atoms with Gasteiger partial charge in [0, 0.05) is 44.7 Å². The minimum atomic E-state index is -3.54. The van der Waals surface area contributed by atoms with Crippen LogP contribution in [0.2, 0.25) is 0 Å². The second kappa shape index (κ2) is 7.98.